The van der Waals surface area contributed by atoms with Crippen molar-refractivity contribution in [2.24, 2.45) is 5.41 Å². The summed E-state index contributed by atoms with van der Waals surface area (Å²) < 4.78 is 1.86. The van der Waals surface area contributed by atoms with Gasteiger partial charge in [-0.05, 0) is 30.7 Å². The summed E-state index contributed by atoms with van der Waals surface area (Å²) in [4.78, 5) is 10.6. The van der Waals surface area contributed by atoms with E-state index < -0.39 is 5.97 Å². The summed E-state index contributed by atoms with van der Waals surface area (Å²) in [5.74, 6) is -0.924. The van der Waals surface area contributed by atoms with Crippen molar-refractivity contribution in [3.05, 3.63) is 17.5 Å². The van der Waals surface area contributed by atoms with Crippen LogP contribution in [0, 0.1) is 5.41 Å². The number of carboxylic acid groups (broad SMARTS) is 1. The lowest BCUT2D eigenvalue weighted by Crippen LogP contribution is -2.06. The molecule has 1 aromatic rings. The Morgan fingerprint density at radius 1 is 1.62 bits per heavy atom. The molecule has 1 spiro atoms. The van der Waals surface area contributed by atoms with Gasteiger partial charge in [-0.2, -0.15) is 5.10 Å². The number of fused-ring (bicyclic) bond motifs is 1. The minimum atomic E-state index is -0.924. The molecule has 0 saturated heterocycles. The molecule has 0 aromatic carbocycles. The third-order valence-electron chi connectivity index (χ3n) is 3.08. The van der Waals surface area contributed by atoms with Crippen LogP contribution in [-0.4, -0.2) is 20.9 Å². The number of aromatic nitrogens is 2. The first kappa shape index (κ1) is 7.12. The second-order valence-corrected chi connectivity index (χ2v) is 4.16. The third kappa shape index (κ3) is 0.913. The number of carbonyl (C=O) groups is 1. The zero-order chi connectivity index (χ0) is 9.05. The molecule has 1 saturated carbocycles. The lowest BCUT2D eigenvalue weighted by molar-refractivity contribution is 0.0689. The third-order valence-corrected chi connectivity index (χ3v) is 3.08. The van der Waals surface area contributed by atoms with E-state index in [-0.39, 0.29) is 5.69 Å². The van der Waals surface area contributed by atoms with Crippen LogP contribution in [0.15, 0.2) is 6.07 Å². The highest BCUT2D eigenvalue weighted by atomic mass is 16.4. The fraction of sp³-hybridized carbons (Fsp3) is 0.556. The van der Waals surface area contributed by atoms with Crippen molar-refractivity contribution in [1.82, 2.24) is 9.78 Å². The van der Waals surface area contributed by atoms with Gasteiger partial charge >= 0.3 is 5.97 Å². The Kier molecular flexibility index (Phi) is 1.07. The number of hydrogen-bond acceptors (Lipinski definition) is 2. The van der Waals surface area contributed by atoms with Crippen LogP contribution in [0.2, 0.25) is 0 Å². The molecule has 0 unspecified atom stereocenters. The summed E-state index contributed by atoms with van der Waals surface area (Å²) in [5, 5.41) is 12.8. The average Bonchev–Trinajstić information content (AvgIpc) is 2.49. The van der Waals surface area contributed by atoms with E-state index in [2.05, 4.69) is 5.10 Å². The maximum atomic E-state index is 10.6. The summed E-state index contributed by atoms with van der Waals surface area (Å²) in [5.41, 5.74) is 1.75. The quantitative estimate of drug-likeness (QED) is 0.695. The van der Waals surface area contributed by atoms with Crippen LogP contribution in [0.4, 0.5) is 0 Å². The molecule has 1 N–H and O–H groups in total. The molecule has 1 aliphatic heterocycles. The van der Waals surface area contributed by atoms with Crippen molar-refractivity contribution in [3.8, 4) is 0 Å². The highest BCUT2D eigenvalue weighted by molar-refractivity contribution is 5.85. The van der Waals surface area contributed by atoms with Gasteiger partial charge in [-0.1, -0.05) is 0 Å². The first-order valence-electron chi connectivity index (χ1n) is 4.49. The Morgan fingerprint density at radius 3 is 2.92 bits per heavy atom. The predicted molar refractivity (Wildman–Crippen MR) is 44.6 cm³/mol. The summed E-state index contributed by atoms with van der Waals surface area (Å²) in [6, 6.07) is 1.70. The first-order valence-corrected chi connectivity index (χ1v) is 4.49. The summed E-state index contributed by atoms with van der Waals surface area (Å²) >= 11 is 0. The molecule has 1 aromatic heterocycles. The second kappa shape index (κ2) is 1.95. The highest BCUT2D eigenvalue weighted by Crippen LogP contribution is 2.53. The maximum absolute atomic E-state index is 10.6. The van der Waals surface area contributed by atoms with Gasteiger partial charge in [0.1, 0.15) is 0 Å². The van der Waals surface area contributed by atoms with Gasteiger partial charge in [0.2, 0.25) is 0 Å². The summed E-state index contributed by atoms with van der Waals surface area (Å²) in [7, 11) is 0. The second-order valence-electron chi connectivity index (χ2n) is 4.16. The number of hydrogen-bond donors (Lipinski definition) is 1. The van der Waals surface area contributed by atoms with E-state index in [4.69, 9.17) is 5.11 Å². The Morgan fingerprint density at radius 2 is 2.38 bits per heavy atom. The molecule has 2 aliphatic rings. The van der Waals surface area contributed by atoms with E-state index in [9.17, 15) is 4.79 Å². The normalized spacial score (nSPS) is 21.8. The van der Waals surface area contributed by atoms with Crippen molar-refractivity contribution in [1.29, 1.82) is 0 Å². The average molecular weight is 178 g/mol. The molecule has 3 rings (SSSR count). The standard InChI is InChI=1S/C9H10N2O2/c12-8(13)7-3-6-4-9(1-2-9)5-11(6)10-7/h3H,1-2,4-5H2,(H,12,13). The van der Waals surface area contributed by atoms with Gasteiger partial charge in [0.15, 0.2) is 5.69 Å². The van der Waals surface area contributed by atoms with Crippen LogP contribution in [-0.2, 0) is 13.0 Å². The van der Waals surface area contributed by atoms with Crippen molar-refractivity contribution in [2.75, 3.05) is 0 Å². The van der Waals surface area contributed by atoms with Gasteiger partial charge < -0.3 is 5.11 Å². The first-order chi connectivity index (χ1) is 6.19. The van der Waals surface area contributed by atoms with E-state index in [1.54, 1.807) is 6.07 Å². The Bertz CT molecular complexity index is 365. The van der Waals surface area contributed by atoms with E-state index in [0.717, 1.165) is 18.7 Å². The van der Waals surface area contributed by atoms with Gasteiger partial charge in [-0.3, -0.25) is 4.68 Å². The van der Waals surface area contributed by atoms with Gasteiger partial charge in [0.05, 0.1) is 0 Å². The topological polar surface area (TPSA) is 55.1 Å². The minimum Gasteiger partial charge on any atom is -0.476 e. The van der Waals surface area contributed by atoms with Crippen LogP contribution in [0.3, 0.4) is 0 Å². The van der Waals surface area contributed by atoms with Crippen LogP contribution >= 0.6 is 0 Å². The molecular weight excluding hydrogens is 168 g/mol. The van der Waals surface area contributed by atoms with E-state index >= 15 is 0 Å². The van der Waals surface area contributed by atoms with Crippen molar-refractivity contribution in [3.63, 3.8) is 0 Å². The van der Waals surface area contributed by atoms with Gasteiger partial charge in [0.25, 0.3) is 0 Å². The Hall–Kier alpha value is -1.32. The minimum absolute atomic E-state index is 0.186. The number of carboxylic acids is 1. The van der Waals surface area contributed by atoms with Crippen LogP contribution in [0.25, 0.3) is 0 Å². The molecule has 68 valence electrons. The molecule has 13 heavy (non-hydrogen) atoms. The van der Waals surface area contributed by atoms with Crippen molar-refractivity contribution >= 4 is 5.97 Å². The van der Waals surface area contributed by atoms with E-state index in [0.29, 0.717) is 5.41 Å². The number of rotatable bonds is 1. The number of aromatic carboxylic acids is 1. The largest absolute Gasteiger partial charge is 0.476 e. The van der Waals surface area contributed by atoms with Gasteiger partial charge in [0, 0.05) is 12.2 Å². The Labute approximate surface area is 75.2 Å². The molecule has 4 heteroatoms. The van der Waals surface area contributed by atoms with Crippen LogP contribution < -0.4 is 0 Å². The molecule has 4 nitrogen and oxygen atoms in total. The molecule has 0 radical (unpaired) electrons. The Balaban J connectivity index is 1.97. The zero-order valence-corrected chi connectivity index (χ0v) is 7.16. The number of nitrogens with zero attached hydrogens (tertiary/aromatic N) is 2. The zero-order valence-electron chi connectivity index (χ0n) is 7.16. The van der Waals surface area contributed by atoms with E-state index in [1.165, 1.54) is 12.8 Å². The summed E-state index contributed by atoms with van der Waals surface area (Å²) in [6.45, 7) is 0.926. The molecular formula is C9H10N2O2. The molecule has 0 atom stereocenters. The molecule has 0 amide bonds. The maximum Gasteiger partial charge on any atom is 0.356 e. The summed E-state index contributed by atoms with van der Waals surface area (Å²) in [6.07, 6.45) is 3.57. The fourth-order valence-corrected chi connectivity index (χ4v) is 2.11. The molecule has 1 fully saturated rings. The predicted octanol–water partition coefficient (Wildman–Crippen LogP) is 0.918. The van der Waals surface area contributed by atoms with Gasteiger partial charge in [-0.15, -0.1) is 0 Å². The fourth-order valence-electron chi connectivity index (χ4n) is 2.11. The van der Waals surface area contributed by atoms with E-state index in [1.807, 2.05) is 4.68 Å². The lowest BCUT2D eigenvalue weighted by Gasteiger charge is -2.00. The smallest absolute Gasteiger partial charge is 0.356 e. The van der Waals surface area contributed by atoms with Crippen molar-refractivity contribution < 1.29 is 9.90 Å². The van der Waals surface area contributed by atoms with Crippen LogP contribution in [0.1, 0.15) is 29.0 Å². The molecule has 2 heterocycles. The van der Waals surface area contributed by atoms with Gasteiger partial charge in [-0.25, -0.2) is 4.79 Å². The monoisotopic (exact) mass is 178 g/mol. The highest BCUT2D eigenvalue weighted by Gasteiger charge is 2.48. The molecule has 0 bridgehead atoms. The lowest BCUT2D eigenvalue weighted by atomic mass is 10.0. The van der Waals surface area contributed by atoms with Crippen LogP contribution in [0.5, 0.6) is 0 Å². The molecule has 1 aliphatic carbocycles. The van der Waals surface area contributed by atoms with Crippen molar-refractivity contribution in [2.45, 2.75) is 25.8 Å². The SMILES string of the molecule is O=C(O)c1cc2n(n1)CC1(CC1)C2.